The van der Waals surface area contributed by atoms with Crippen LogP contribution in [0.5, 0.6) is 5.88 Å². The summed E-state index contributed by atoms with van der Waals surface area (Å²) in [6.45, 7) is 5.56. The number of rotatable bonds is 5. The molecule has 1 unspecified atom stereocenters. The minimum Gasteiger partial charge on any atom is -0.480 e. The van der Waals surface area contributed by atoms with Crippen LogP contribution in [0.4, 0.5) is 11.5 Å². The molecule has 3 aromatic rings. The first kappa shape index (κ1) is 20.7. The molecule has 0 amide bonds. The van der Waals surface area contributed by atoms with Gasteiger partial charge in [-0.2, -0.15) is 0 Å². The molecule has 1 fully saturated rings. The zero-order valence-electron chi connectivity index (χ0n) is 17.7. The van der Waals surface area contributed by atoms with Gasteiger partial charge < -0.3 is 20.1 Å². The summed E-state index contributed by atoms with van der Waals surface area (Å²) in [5, 5.41) is 8.76. The van der Waals surface area contributed by atoms with Crippen LogP contribution in [0, 0.1) is 5.41 Å². The molecule has 0 saturated carbocycles. The van der Waals surface area contributed by atoms with Gasteiger partial charge in [0.15, 0.2) is 0 Å². The first-order valence-corrected chi connectivity index (χ1v) is 10.0. The summed E-state index contributed by atoms with van der Waals surface area (Å²) < 4.78 is 10.9. The third kappa shape index (κ3) is 4.46. The van der Waals surface area contributed by atoms with E-state index in [1.165, 1.54) is 6.33 Å². The van der Waals surface area contributed by atoms with Crippen molar-refractivity contribution in [2.24, 2.45) is 0 Å². The van der Waals surface area contributed by atoms with E-state index in [1.807, 2.05) is 32.0 Å². The molecule has 3 heterocycles. The maximum absolute atomic E-state index is 8.76. The highest BCUT2D eigenvalue weighted by molar-refractivity contribution is 6.13. The Morgan fingerprint density at radius 2 is 1.90 bits per heavy atom. The number of hydrogen-bond acceptors (Lipinski definition) is 9. The Morgan fingerprint density at radius 3 is 2.58 bits per heavy atom. The van der Waals surface area contributed by atoms with Gasteiger partial charge in [-0.1, -0.05) is 6.07 Å². The lowest BCUT2D eigenvalue weighted by molar-refractivity contribution is -0.00546. The van der Waals surface area contributed by atoms with Gasteiger partial charge in [0.1, 0.15) is 12.1 Å². The normalized spacial score (nSPS) is 18.6. The summed E-state index contributed by atoms with van der Waals surface area (Å²) in [4.78, 5) is 19.5. The molecule has 0 aliphatic carbocycles. The number of nitrogens with zero attached hydrogens (tertiary/aromatic N) is 5. The van der Waals surface area contributed by atoms with E-state index >= 15 is 0 Å². The molecular formula is C22H27N7O2. The standard InChI is InChI=1S/C22H25N7O2.H2/c1-13-10-29(11-14(2)31-13)20-7-18(27-12-28-20)22(24)16-6-15(4-5-17(16)23)19-8-26-21(30-3)9-25-19;/h4-9,12-14,24H,10-11,23H2,1-3H3;1H/t13-,14?;/m1./s1. The molecule has 1 saturated heterocycles. The summed E-state index contributed by atoms with van der Waals surface area (Å²) >= 11 is 0. The third-order valence-electron chi connectivity index (χ3n) is 5.11. The van der Waals surface area contributed by atoms with Crippen molar-refractivity contribution in [3.8, 4) is 17.1 Å². The van der Waals surface area contributed by atoms with Crippen molar-refractivity contribution in [3.05, 3.63) is 54.2 Å². The second-order valence-corrected chi connectivity index (χ2v) is 7.54. The van der Waals surface area contributed by atoms with E-state index < -0.39 is 0 Å². The number of hydrogen-bond donors (Lipinski definition) is 2. The topological polar surface area (TPSA) is 123 Å². The van der Waals surface area contributed by atoms with Crippen LogP contribution >= 0.6 is 0 Å². The molecule has 2 aromatic heterocycles. The van der Waals surface area contributed by atoms with Crippen molar-refractivity contribution < 1.29 is 10.9 Å². The first-order chi connectivity index (χ1) is 14.9. The lowest BCUT2D eigenvalue weighted by Gasteiger charge is -2.36. The van der Waals surface area contributed by atoms with Crippen LogP contribution in [-0.4, -0.2) is 58.1 Å². The van der Waals surface area contributed by atoms with Gasteiger partial charge in [0.25, 0.3) is 0 Å². The quantitative estimate of drug-likeness (QED) is 0.476. The molecule has 9 nitrogen and oxygen atoms in total. The third-order valence-corrected chi connectivity index (χ3v) is 5.11. The Labute approximate surface area is 182 Å². The molecule has 0 radical (unpaired) electrons. The van der Waals surface area contributed by atoms with Crippen LogP contribution in [0.2, 0.25) is 0 Å². The largest absolute Gasteiger partial charge is 0.480 e. The smallest absolute Gasteiger partial charge is 0.232 e. The molecule has 1 aliphatic rings. The molecule has 9 heteroatoms. The van der Waals surface area contributed by atoms with E-state index in [0.29, 0.717) is 28.5 Å². The van der Waals surface area contributed by atoms with Crippen molar-refractivity contribution in [2.45, 2.75) is 26.1 Å². The molecule has 31 heavy (non-hydrogen) atoms. The van der Waals surface area contributed by atoms with Gasteiger partial charge in [-0.15, -0.1) is 0 Å². The van der Waals surface area contributed by atoms with Crippen LogP contribution in [0.15, 0.2) is 43.0 Å². The number of morpholine rings is 1. The summed E-state index contributed by atoms with van der Waals surface area (Å²) in [5.41, 5.74) is 9.45. The van der Waals surface area contributed by atoms with E-state index in [9.17, 15) is 0 Å². The zero-order chi connectivity index (χ0) is 22.0. The van der Waals surface area contributed by atoms with Gasteiger partial charge in [0, 0.05) is 37.4 Å². The van der Waals surface area contributed by atoms with Crippen molar-refractivity contribution in [1.82, 2.24) is 19.9 Å². The van der Waals surface area contributed by atoms with Gasteiger partial charge in [-0.25, -0.2) is 19.9 Å². The molecule has 162 valence electrons. The number of ether oxygens (including phenoxy) is 2. The minimum atomic E-state index is 0. The number of nitrogens with one attached hydrogen (secondary N) is 1. The second-order valence-electron chi connectivity index (χ2n) is 7.54. The number of anilines is 2. The summed E-state index contributed by atoms with van der Waals surface area (Å²) in [6, 6.07) is 7.27. The average Bonchev–Trinajstić information content (AvgIpc) is 2.78. The van der Waals surface area contributed by atoms with E-state index in [4.69, 9.17) is 20.6 Å². The fraction of sp³-hybridized carbons (Fsp3) is 0.318. The minimum absolute atomic E-state index is 0. The van der Waals surface area contributed by atoms with Crippen molar-refractivity contribution in [1.29, 1.82) is 5.41 Å². The maximum Gasteiger partial charge on any atom is 0.232 e. The van der Waals surface area contributed by atoms with Crippen LogP contribution < -0.4 is 15.4 Å². The molecule has 3 N–H and O–H groups in total. The van der Waals surface area contributed by atoms with E-state index in [2.05, 4.69) is 24.8 Å². The highest BCUT2D eigenvalue weighted by atomic mass is 16.5. The monoisotopic (exact) mass is 421 g/mol. The van der Waals surface area contributed by atoms with Gasteiger partial charge in [-0.05, 0) is 26.0 Å². The van der Waals surface area contributed by atoms with Crippen LogP contribution in [0.1, 0.15) is 26.5 Å². The molecular weight excluding hydrogens is 394 g/mol. The molecule has 0 spiro atoms. The van der Waals surface area contributed by atoms with Gasteiger partial charge in [0.05, 0.1) is 48.8 Å². The molecule has 2 atom stereocenters. The van der Waals surface area contributed by atoms with Crippen LogP contribution in [0.3, 0.4) is 0 Å². The Balaban J connectivity index is 0.00000289. The van der Waals surface area contributed by atoms with Gasteiger partial charge in [0.2, 0.25) is 5.88 Å². The van der Waals surface area contributed by atoms with Gasteiger partial charge in [-0.3, -0.25) is 5.41 Å². The Hall–Kier alpha value is -3.59. The SMILES string of the molecule is COc1cnc(-c2ccc(N)c(C(=N)c3cc(N4CC(C)O[C@H](C)C4)ncn3)c2)cn1.[HH]. The number of benzene rings is 1. The highest BCUT2D eigenvalue weighted by Crippen LogP contribution is 2.25. The summed E-state index contributed by atoms with van der Waals surface area (Å²) in [7, 11) is 1.54. The average molecular weight is 422 g/mol. The number of nitrogens with two attached hydrogens (primary N) is 1. The van der Waals surface area contributed by atoms with E-state index in [-0.39, 0.29) is 19.3 Å². The van der Waals surface area contributed by atoms with E-state index in [1.54, 1.807) is 25.6 Å². The van der Waals surface area contributed by atoms with Crippen LogP contribution in [-0.2, 0) is 4.74 Å². The van der Waals surface area contributed by atoms with Crippen LogP contribution in [0.25, 0.3) is 11.3 Å². The molecule has 1 aliphatic heterocycles. The number of nitrogen functional groups attached to an aromatic ring is 1. The maximum atomic E-state index is 8.76. The lowest BCUT2D eigenvalue weighted by atomic mass is 10.0. The Morgan fingerprint density at radius 1 is 1.13 bits per heavy atom. The van der Waals surface area contributed by atoms with Crippen molar-refractivity contribution >= 4 is 17.2 Å². The Bertz CT molecular complexity index is 1080. The highest BCUT2D eigenvalue weighted by Gasteiger charge is 2.24. The number of methoxy groups -OCH3 is 1. The van der Waals surface area contributed by atoms with Gasteiger partial charge >= 0.3 is 0 Å². The summed E-state index contributed by atoms with van der Waals surface area (Å²) in [6.07, 6.45) is 4.89. The fourth-order valence-electron chi connectivity index (χ4n) is 3.66. The predicted octanol–water partition coefficient (Wildman–Crippen LogP) is 2.80. The van der Waals surface area contributed by atoms with E-state index in [0.717, 1.165) is 24.5 Å². The lowest BCUT2D eigenvalue weighted by Crippen LogP contribution is -2.45. The zero-order valence-corrected chi connectivity index (χ0v) is 17.7. The molecule has 4 rings (SSSR count). The van der Waals surface area contributed by atoms with Crippen molar-refractivity contribution in [2.75, 3.05) is 30.8 Å². The van der Waals surface area contributed by atoms with Crippen molar-refractivity contribution in [3.63, 3.8) is 0 Å². The molecule has 0 bridgehead atoms. The molecule has 1 aromatic carbocycles. The predicted molar refractivity (Wildman–Crippen MR) is 121 cm³/mol. The summed E-state index contributed by atoms with van der Waals surface area (Å²) in [5.74, 6) is 1.21. The second kappa shape index (κ2) is 8.65. The first-order valence-electron chi connectivity index (χ1n) is 10.0. The number of aromatic nitrogens is 4. The fourth-order valence-corrected chi connectivity index (χ4v) is 3.66. The Kier molecular flexibility index (Phi) is 5.77.